The van der Waals surface area contributed by atoms with Crippen molar-refractivity contribution < 1.29 is 4.74 Å². The first-order valence-corrected chi connectivity index (χ1v) is 8.68. The average molecular weight is 287 g/mol. The molecule has 2 unspecified atom stereocenters. The van der Waals surface area contributed by atoms with Crippen molar-refractivity contribution in [1.82, 2.24) is 0 Å². The third-order valence-electron chi connectivity index (χ3n) is 5.67. The highest BCUT2D eigenvalue weighted by Crippen LogP contribution is 2.44. The fourth-order valence-corrected chi connectivity index (χ4v) is 4.25. The maximum absolute atomic E-state index is 6.74. The zero-order chi connectivity index (χ0) is 14.8. The topological polar surface area (TPSA) is 35.2 Å². The summed E-state index contributed by atoms with van der Waals surface area (Å²) in [6.45, 7) is 2.19. The summed E-state index contributed by atoms with van der Waals surface area (Å²) in [4.78, 5) is 0. The van der Waals surface area contributed by atoms with Crippen molar-refractivity contribution in [1.29, 1.82) is 0 Å². The van der Waals surface area contributed by atoms with Crippen LogP contribution in [0, 0.1) is 0 Å². The van der Waals surface area contributed by atoms with E-state index in [9.17, 15) is 0 Å². The smallest absolute Gasteiger partial charge is 0.0687 e. The highest BCUT2D eigenvalue weighted by Gasteiger charge is 2.43. The molecule has 3 rings (SSSR count). The van der Waals surface area contributed by atoms with Gasteiger partial charge in [-0.05, 0) is 44.1 Å². The predicted octanol–water partition coefficient (Wildman–Crippen LogP) is 4.52. The van der Waals surface area contributed by atoms with Gasteiger partial charge in [0.15, 0.2) is 0 Å². The minimum absolute atomic E-state index is 0.203. The van der Waals surface area contributed by atoms with E-state index in [4.69, 9.17) is 10.5 Å². The van der Waals surface area contributed by atoms with Gasteiger partial charge in [-0.15, -0.1) is 0 Å². The van der Waals surface area contributed by atoms with Gasteiger partial charge in [0.05, 0.1) is 11.7 Å². The van der Waals surface area contributed by atoms with Crippen LogP contribution in [0.25, 0.3) is 0 Å². The highest BCUT2D eigenvalue weighted by atomic mass is 16.5. The maximum atomic E-state index is 6.74. The second-order valence-electron chi connectivity index (χ2n) is 7.10. The molecule has 2 N–H and O–H groups in total. The Bertz CT molecular complexity index is 452. The maximum Gasteiger partial charge on any atom is 0.0687 e. The summed E-state index contributed by atoms with van der Waals surface area (Å²) >= 11 is 0. The molecule has 1 heterocycles. The summed E-state index contributed by atoms with van der Waals surface area (Å²) in [7, 11) is 0. The van der Waals surface area contributed by atoms with E-state index in [1.807, 2.05) is 0 Å². The number of ether oxygens (including phenoxy) is 1. The van der Waals surface area contributed by atoms with Crippen LogP contribution in [0.3, 0.4) is 0 Å². The first-order chi connectivity index (χ1) is 10.2. The Morgan fingerprint density at radius 3 is 2.52 bits per heavy atom. The van der Waals surface area contributed by atoms with Gasteiger partial charge in [0.25, 0.3) is 0 Å². The van der Waals surface area contributed by atoms with Gasteiger partial charge in [-0.25, -0.2) is 0 Å². The predicted molar refractivity (Wildman–Crippen MR) is 87.1 cm³/mol. The zero-order valence-electron chi connectivity index (χ0n) is 13.3. The van der Waals surface area contributed by atoms with Crippen LogP contribution in [-0.4, -0.2) is 11.7 Å². The Kier molecular flexibility index (Phi) is 4.37. The molecule has 116 valence electrons. The summed E-state index contributed by atoms with van der Waals surface area (Å²) in [6, 6.07) is 10.6. The van der Waals surface area contributed by atoms with E-state index in [-0.39, 0.29) is 11.1 Å². The van der Waals surface area contributed by atoms with Crippen molar-refractivity contribution in [3.05, 3.63) is 35.9 Å². The zero-order valence-corrected chi connectivity index (χ0v) is 13.3. The quantitative estimate of drug-likeness (QED) is 0.883. The lowest BCUT2D eigenvalue weighted by molar-refractivity contribution is -0.0718. The van der Waals surface area contributed by atoms with E-state index in [2.05, 4.69) is 37.3 Å². The molecule has 1 aromatic rings. The van der Waals surface area contributed by atoms with Crippen molar-refractivity contribution in [3.8, 4) is 0 Å². The van der Waals surface area contributed by atoms with Crippen molar-refractivity contribution >= 4 is 0 Å². The van der Waals surface area contributed by atoms with Gasteiger partial charge in [-0.2, -0.15) is 0 Å². The Hall–Kier alpha value is -0.860. The van der Waals surface area contributed by atoms with Crippen LogP contribution in [0.15, 0.2) is 30.3 Å². The Morgan fingerprint density at radius 1 is 1.14 bits per heavy atom. The third-order valence-corrected chi connectivity index (χ3v) is 5.67. The lowest BCUT2D eigenvalue weighted by atomic mass is 9.81. The van der Waals surface area contributed by atoms with Crippen molar-refractivity contribution in [3.63, 3.8) is 0 Å². The Labute approximate surface area is 129 Å². The van der Waals surface area contributed by atoms with Crippen molar-refractivity contribution in [2.24, 2.45) is 5.73 Å². The van der Waals surface area contributed by atoms with Crippen molar-refractivity contribution in [2.75, 3.05) is 0 Å². The molecule has 2 aliphatic rings. The van der Waals surface area contributed by atoms with Crippen LogP contribution in [-0.2, 0) is 10.3 Å². The lowest BCUT2D eigenvalue weighted by Gasteiger charge is -2.36. The number of hydrogen-bond acceptors (Lipinski definition) is 2. The number of rotatable bonds is 4. The summed E-state index contributed by atoms with van der Waals surface area (Å²) in [5.74, 6) is 0. The van der Waals surface area contributed by atoms with E-state index in [0.717, 1.165) is 12.8 Å². The second-order valence-corrected chi connectivity index (χ2v) is 7.10. The lowest BCUT2D eigenvalue weighted by Crippen LogP contribution is -2.40. The van der Waals surface area contributed by atoms with Crippen LogP contribution < -0.4 is 5.73 Å². The molecular weight excluding hydrogens is 258 g/mol. The number of hydrogen-bond donors (Lipinski definition) is 1. The molecule has 2 atom stereocenters. The first kappa shape index (κ1) is 15.1. The molecule has 2 fully saturated rings. The standard InChI is InChI=1S/C19H29NO/c1-2-19(20,16-9-5-3-6-10-16)15-17-11-14-18(21-17)12-7-4-8-13-18/h3,5-6,9-10,17H,2,4,7-8,11-15,20H2,1H3. The highest BCUT2D eigenvalue weighted by molar-refractivity contribution is 5.24. The van der Waals surface area contributed by atoms with Gasteiger partial charge >= 0.3 is 0 Å². The largest absolute Gasteiger partial charge is 0.372 e. The summed E-state index contributed by atoms with van der Waals surface area (Å²) in [5.41, 5.74) is 7.95. The van der Waals surface area contributed by atoms with E-state index in [1.165, 1.54) is 50.5 Å². The molecule has 1 spiro atoms. The molecule has 1 saturated carbocycles. The Morgan fingerprint density at radius 2 is 1.86 bits per heavy atom. The molecule has 0 radical (unpaired) electrons. The molecule has 1 aliphatic carbocycles. The van der Waals surface area contributed by atoms with Crippen LogP contribution in [0.5, 0.6) is 0 Å². The molecular formula is C19H29NO. The third kappa shape index (κ3) is 3.17. The van der Waals surface area contributed by atoms with E-state index < -0.39 is 0 Å². The minimum Gasteiger partial charge on any atom is -0.372 e. The van der Waals surface area contributed by atoms with Crippen LogP contribution in [0.2, 0.25) is 0 Å². The minimum atomic E-state index is -0.244. The second kappa shape index (κ2) is 6.10. The van der Waals surface area contributed by atoms with Gasteiger partial charge in [0.2, 0.25) is 0 Å². The summed E-state index contributed by atoms with van der Waals surface area (Å²) in [5, 5.41) is 0. The first-order valence-electron chi connectivity index (χ1n) is 8.68. The van der Waals surface area contributed by atoms with Crippen LogP contribution >= 0.6 is 0 Å². The molecule has 2 heteroatoms. The fourth-order valence-electron chi connectivity index (χ4n) is 4.25. The molecule has 1 aliphatic heterocycles. The molecule has 2 nitrogen and oxygen atoms in total. The molecule has 0 bridgehead atoms. The van der Waals surface area contributed by atoms with E-state index in [0.29, 0.717) is 6.10 Å². The summed E-state index contributed by atoms with van der Waals surface area (Å²) in [6.07, 6.45) is 11.3. The Balaban J connectivity index is 1.68. The normalized spacial score (nSPS) is 27.6. The molecule has 21 heavy (non-hydrogen) atoms. The summed E-state index contributed by atoms with van der Waals surface area (Å²) < 4.78 is 6.53. The number of benzene rings is 1. The molecule has 0 aromatic heterocycles. The van der Waals surface area contributed by atoms with Gasteiger partial charge in [0, 0.05) is 5.54 Å². The monoisotopic (exact) mass is 287 g/mol. The number of nitrogens with two attached hydrogens (primary N) is 1. The van der Waals surface area contributed by atoms with Crippen molar-refractivity contribution in [2.45, 2.75) is 82.0 Å². The van der Waals surface area contributed by atoms with E-state index >= 15 is 0 Å². The molecule has 0 amide bonds. The van der Waals surface area contributed by atoms with Gasteiger partial charge < -0.3 is 10.5 Å². The molecule has 1 aromatic carbocycles. The average Bonchev–Trinajstić information content (AvgIpc) is 2.90. The van der Waals surface area contributed by atoms with Crippen LogP contribution in [0.1, 0.15) is 70.3 Å². The van der Waals surface area contributed by atoms with E-state index in [1.54, 1.807) is 0 Å². The van der Waals surface area contributed by atoms with Gasteiger partial charge in [-0.1, -0.05) is 56.5 Å². The SMILES string of the molecule is CCC(N)(CC1CCC2(CCCCC2)O1)c1ccccc1. The van der Waals surface area contributed by atoms with Gasteiger partial charge in [-0.3, -0.25) is 0 Å². The van der Waals surface area contributed by atoms with Crippen LogP contribution in [0.4, 0.5) is 0 Å². The molecule has 1 saturated heterocycles. The van der Waals surface area contributed by atoms with Gasteiger partial charge in [0.1, 0.15) is 0 Å². The fraction of sp³-hybridized carbons (Fsp3) is 0.684.